The quantitative estimate of drug-likeness (QED) is 0.818. The molecule has 0 saturated carbocycles. The molecule has 1 amide bonds. The molecular formula is C16H12BrNOS. The Kier molecular flexibility index (Phi) is 3.94. The fourth-order valence-corrected chi connectivity index (χ4v) is 3.41. The molecule has 3 rings (SSSR count). The van der Waals surface area contributed by atoms with Crippen LogP contribution in [0.5, 0.6) is 0 Å². The second kappa shape index (κ2) is 5.85. The summed E-state index contributed by atoms with van der Waals surface area (Å²) in [5.74, 6) is 0.825. The summed E-state index contributed by atoms with van der Waals surface area (Å²) < 4.78 is 1.08. The zero-order chi connectivity index (χ0) is 13.9. The van der Waals surface area contributed by atoms with Crippen LogP contribution in [-0.2, 0) is 10.5 Å². The lowest BCUT2D eigenvalue weighted by Crippen LogP contribution is -2.03. The summed E-state index contributed by atoms with van der Waals surface area (Å²) in [4.78, 5) is 11.9. The van der Waals surface area contributed by atoms with Crippen molar-refractivity contribution in [1.29, 1.82) is 0 Å². The van der Waals surface area contributed by atoms with E-state index in [2.05, 4.69) is 33.4 Å². The first-order valence-electron chi connectivity index (χ1n) is 6.21. The highest BCUT2D eigenvalue weighted by Gasteiger charge is 2.22. The van der Waals surface area contributed by atoms with Crippen molar-refractivity contribution < 1.29 is 4.79 Å². The summed E-state index contributed by atoms with van der Waals surface area (Å²) >= 11 is 5.10. The lowest BCUT2D eigenvalue weighted by Gasteiger charge is -2.00. The van der Waals surface area contributed by atoms with Crippen LogP contribution < -0.4 is 5.32 Å². The number of rotatable bonds is 3. The first-order valence-corrected chi connectivity index (χ1v) is 8.05. The molecule has 0 bridgehead atoms. The van der Waals surface area contributed by atoms with Crippen LogP contribution in [0.2, 0.25) is 0 Å². The van der Waals surface area contributed by atoms with Gasteiger partial charge in [0.25, 0.3) is 5.91 Å². The number of carbonyl (C=O) groups excluding carboxylic acids is 1. The number of carbonyl (C=O) groups is 1. The van der Waals surface area contributed by atoms with E-state index in [0.717, 1.165) is 27.0 Å². The topological polar surface area (TPSA) is 29.1 Å². The van der Waals surface area contributed by atoms with Gasteiger partial charge in [0.1, 0.15) is 0 Å². The Balaban J connectivity index is 1.75. The average molecular weight is 346 g/mol. The van der Waals surface area contributed by atoms with Gasteiger partial charge in [-0.05, 0) is 29.2 Å². The minimum absolute atomic E-state index is 0.0204. The standard InChI is InChI=1S/C16H12BrNOS/c17-12-5-3-4-11(8-12)9-20-10-14-13-6-1-2-7-15(13)18-16(14)19/h1-8,10H,9H2,(H,18,19). The van der Waals surface area contributed by atoms with E-state index in [1.165, 1.54) is 5.56 Å². The van der Waals surface area contributed by atoms with Crippen LogP contribution in [0.1, 0.15) is 11.1 Å². The van der Waals surface area contributed by atoms with Crippen molar-refractivity contribution in [2.24, 2.45) is 0 Å². The van der Waals surface area contributed by atoms with Crippen LogP contribution in [0.25, 0.3) is 5.57 Å². The third-order valence-corrected chi connectivity index (χ3v) is 4.45. The van der Waals surface area contributed by atoms with E-state index < -0.39 is 0 Å². The number of nitrogens with one attached hydrogen (secondary N) is 1. The third kappa shape index (κ3) is 2.81. The normalized spacial score (nSPS) is 15.2. The van der Waals surface area contributed by atoms with E-state index in [1.807, 2.05) is 41.8 Å². The van der Waals surface area contributed by atoms with E-state index in [0.29, 0.717) is 0 Å². The zero-order valence-corrected chi connectivity index (χ0v) is 13.0. The molecule has 2 aromatic carbocycles. The SMILES string of the molecule is O=C1Nc2ccccc2C1=CSCc1cccc(Br)c1. The summed E-state index contributed by atoms with van der Waals surface area (Å²) in [5.41, 5.74) is 3.86. The van der Waals surface area contributed by atoms with Crippen LogP contribution in [-0.4, -0.2) is 5.91 Å². The number of thioether (sulfide) groups is 1. The maximum atomic E-state index is 11.9. The van der Waals surface area contributed by atoms with Crippen molar-refractivity contribution in [2.45, 2.75) is 5.75 Å². The molecule has 0 fully saturated rings. The summed E-state index contributed by atoms with van der Waals surface area (Å²) in [6, 6.07) is 16.0. The minimum Gasteiger partial charge on any atom is -0.321 e. The molecule has 0 spiro atoms. The van der Waals surface area contributed by atoms with Crippen LogP contribution in [0.4, 0.5) is 5.69 Å². The fourth-order valence-electron chi connectivity index (χ4n) is 2.10. The number of benzene rings is 2. The lowest BCUT2D eigenvalue weighted by atomic mass is 10.1. The number of fused-ring (bicyclic) bond motifs is 1. The maximum Gasteiger partial charge on any atom is 0.256 e. The number of anilines is 1. The Labute approximate surface area is 130 Å². The zero-order valence-electron chi connectivity index (χ0n) is 10.6. The fraction of sp³-hybridized carbons (Fsp3) is 0.0625. The molecule has 20 heavy (non-hydrogen) atoms. The first kappa shape index (κ1) is 13.5. The Morgan fingerprint density at radius 1 is 1.15 bits per heavy atom. The van der Waals surface area contributed by atoms with E-state index in [9.17, 15) is 4.79 Å². The molecule has 0 unspecified atom stereocenters. The second-order valence-electron chi connectivity index (χ2n) is 4.47. The molecule has 4 heteroatoms. The van der Waals surface area contributed by atoms with Gasteiger partial charge >= 0.3 is 0 Å². The van der Waals surface area contributed by atoms with Gasteiger partial charge in [-0.3, -0.25) is 4.79 Å². The first-order chi connectivity index (χ1) is 9.74. The van der Waals surface area contributed by atoms with Crippen molar-refractivity contribution in [3.8, 4) is 0 Å². The molecule has 2 nitrogen and oxygen atoms in total. The molecule has 1 heterocycles. The van der Waals surface area contributed by atoms with E-state index in [4.69, 9.17) is 0 Å². The smallest absolute Gasteiger partial charge is 0.256 e. The molecule has 0 saturated heterocycles. The molecule has 0 radical (unpaired) electrons. The van der Waals surface area contributed by atoms with Crippen LogP contribution >= 0.6 is 27.7 Å². The van der Waals surface area contributed by atoms with Crippen LogP contribution in [0, 0.1) is 0 Å². The van der Waals surface area contributed by atoms with Gasteiger partial charge in [0.05, 0.1) is 5.57 Å². The molecule has 0 aliphatic carbocycles. The Morgan fingerprint density at radius 3 is 2.85 bits per heavy atom. The van der Waals surface area contributed by atoms with E-state index in [1.54, 1.807) is 11.8 Å². The summed E-state index contributed by atoms with van der Waals surface area (Å²) in [6.45, 7) is 0. The molecule has 1 N–H and O–H groups in total. The number of amides is 1. The van der Waals surface area contributed by atoms with Crippen molar-refractivity contribution in [1.82, 2.24) is 0 Å². The third-order valence-electron chi connectivity index (χ3n) is 3.05. The van der Waals surface area contributed by atoms with Crippen LogP contribution in [0.3, 0.4) is 0 Å². The predicted octanol–water partition coefficient (Wildman–Crippen LogP) is 4.68. The van der Waals surface area contributed by atoms with Crippen molar-refractivity contribution in [3.63, 3.8) is 0 Å². The predicted molar refractivity (Wildman–Crippen MR) is 88.5 cm³/mol. The molecule has 0 atom stereocenters. The maximum absolute atomic E-state index is 11.9. The van der Waals surface area contributed by atoms with Crippen molar-refractivity contribution in [2.75, 3.05) is 5.32 Å². The summed E-state index contributed by atoms with van der Waals surface area (Å²) in [6.07, 6.45) is 0. The highest BCUT2D eigenvalue weighted by Crippen LogP contribution is 2.33. The molecule has 100 valence electrons. The Bertz CT molecular complexity index is 696. The molecule has 1 aliphatic heterocycles. The molecule has 1 aliphatic rings. The highest BCUT2D eigenvalue weighted by molar-refractivity contribution is 9.10. The summed E-state index contributed by atoms with van der Waals surface area (Å²) in [7, 11) is 0. The number of para-hydroxylation sites is 1. The van der Waals surface area contributed by atoms with Gasteiger partial charge in [0.2, 0.25) is 0 Å². The van der Waals surface area contributed by atoms with Gasteiger partial charge in [-0.25, -0.2) is 0 Å². The van der Waals surface area contributed by atoms with E-state index >= 15 is 0 Å². The molecule has 2 aromatic rings. The second-order valence-corrected chi connectivity index (χ2v) is 6.25. The van der Waals surface area contributed by atoms with Gasteiger partial charge in [0.15, 0.2) is 0 Å². The minimum atomic E-state index is -0.0204. The number of hydrogen-bond acceptors (Lipinski definition) is 2. The van der Waals surface area contributed by atoms with Crippen molar-refractivity contribution in [3.05, 3.63) is 69.5 Å². The average Bonchev–Trinajstić information content (AvgIpc) is 2.75. The summed E-state index contributed by atoms with van der Waals surface area (Å²) in [5, 5.41) is 4.82. The van der Waals surface area contributed by atoms with Gasteiger partial charge in [0, 0.05) is 21.5 Å². The monoisotopic (exact) mass is 345 g/mol. The Morgan fingerprint density at radius 2 is 2.00 bits per heavy atom. The number of hydrogen-bond donors (Lipinski definition) is 1. The van der Waals surface area contributed by atoms with Gasteiger partial charge in [-0.1, -0.05) is 46.3 Å². The van der Waals surface area contributed by atoms with Crippen molar-refractivity contribution >= 4 is 44.9 Å². The largest absolute Gasteiger partial charge is 0.321 e. The molecular weight excluding hydrogens is 334 g/mol. The number of halogens is 1. The van der Waals surface area contributed by atoms with Gasteiger partial charge in [-0.2, -0.15) is 0 Å². The Hall–Kier alpha value is -1.52. The van der Waals surface area contributed by atoms with Crippen LogP contribution in [0.15, 0.2) is 58.4 Å². The van der Waals surface area contributed by atoms with Gasteiger partial charge < -0.3 is 5.32 Å². The highest BCUT2D eigenvalue weighted by atomic mass is 79.9. The van der Waals surface area contributed by atoms with Gasteiger partial charge in [-0.15, -0.1) is 11.8 Å². The molecule has 0 aromatic heterocycles. The lowest BCUT2D eigenvalue weighted by molar-refractivity contribution is -0.110. The van der Waals surface area contributed by atoms with E-state index in [-0.39, 0.29) is 5.91 Å².